The zero-order valence-corrected chi connectivity index (χ0v) is 13.4. The van der Waals surface area contributed by atoms with Crippen LogP contribution < -0.4 is 4.90 Å². The molecule has 0 aliphatic carbocycles. The molecule has 0 saturated heterocycles. The summed E-state index contributed by atoms with van der Waals surface area (Å²) in [5, 5.41) is 0. The van der Waals surface area contributed by atoms with Gasteiger partial charge >= 0.3 is 0 Å². The number of hydrogen-bond donors (Lipinski definition) is 0. The maximum atomic E-state index is 5.23. The van der Waals surface area contributed by atoms with Crippen LogP contribution >= 0.6 is 0 Å². The molecular formula is C10H18NO2Si2. The molecule has 0 spiro atoms. The lowest BCUT2D eigenvalue weighted by molar-refractivity contribution is 0.332. The number of rotatable bonds is 7. The first-order chi connectivity index (χ1) is 7.38. The Bertz CT molecular complexity index is 251. The fourth-order valence-corrected chi connectivity index (χ4v) is 1.73. The Balaban J connectivity index is 2.55. The van der Waals surface area contributed by atoms with Crippen LogP contribution in [0.4, 0.5) is 5.69 Å². The quantitative estimate of drug-likeness (QED) is 0.564. The van der Waals surface area contributed by atoms with Crippen LogP contribution in [0.25, 0.3) is 0 Å². The van der Waals surface area contributed by atoms with Crippen molar-refractivity contribution >= 4 is 26.7 Å². The van der Waals surface area contributed by atoms with E-state index < -0.39 is 0 Å². The molecule has 1 aromatic carbocycles. The van der Waals surface area contributed by atoms with Gasteiger partial charge in [-0.05, 0) is 18.2 Å². The van der Waals surface area contributed by atoms with Crippen molar-refractivity contribution < 1.29 is 8.85 Å². The van der Waals surface area contributed by atoms with Crippen molar-refractivity contribution in [1.82, 2.24) is 0 Å². The molecule has 0 bridgehead atoms. The van der Waals surface area contributed by atoms with Gasteiger partial charge in [0.05, 0.1) is 13.2 Å². The van der Waals surface area contributed by atoms with Gasteiger partial charge in [-0.1, -0.05) is 12.1 Å². The highest BCUT2D eigenvalue weighted by Gasteiger charge is 2.04. The van der Waals surface area contributed by atoms with E-state index in [1.807, 2.05) is 12.1 Å². The summed E-state index contributed by atoms with van der Waals surface area (Å²) in [7, 11) is 1.61. The van der Waals surface area contributed by atoms with E-state index in [9.17, 15) is 0 Å². The number of anilines is 1. The third kappa shape index (κ3) is 4.61. The van der Waals surface area contributed by atoms with E-state index in [0.717, 1.165) is 47.3 Å². The smallest absolute Gasteiger partial charge is 0.146 e. The molecule has 0 aromatic heterocycles. The van der Waals surface area contributed by atoms with E-state index >= 15 is 0 Å². The van der Waals surface area contributed by atoms with Crippen LogP contribution in [-0.2, 0) is 8.85 Å². The van der Waals surface area contributed by atoms with Gasteiger partial charge < -0.3 is 13.8 Å². The molecule has 3 nitrogen and oxygen atoms in total. The molecule has 5 heteroatoms. The third-order valence-corrected chi connectivity index (χ3v) is 3.01. The van der Waals surface area contributed by atoms with Crippen LogP contribution in [0, 0.1) is 6.07 Å². The number of nitrogens with zero attached hydrogens (tertiary/aromatic N) is 1. The molecule has 1 rings (SSSR count). The summed E-state index contributed by atoms with van der Waals surface area (Å²) in [6, 6.07) is 11.0. The summed E-state index contributed by atoms with van der Waals surface area (Å²) in [4.78, 5) is 2.28. The predicted octanol–water partition coefficient (Wildman–Crippen LogP) is -1.11. The van der Waals surface area contributed by atoms with Gasteiger partial charge in [0.1, 0.15) is 21.0 Å². The number of hydrogen-bond acceptors (Lipinski definition) is 3. The largest absolute Gasteiger partial charge is 0.426 e. The standard InChI is InChI=1S/C10H18NO2Si2/c14-12-8-6-11(7-9-13-15)10-4-2-1-3-5-10/h2-5H,6-9H2,14-15H3. The Morgan fingerprint density at radius 1 is 1.07 bits per heavy atom. The van der Waals surface area contributed by atoms with E-state index in [1.54, 1.807) is 0 Å². The van der Waals surface area contributed by atoms with Crippen molar-refractivity contribution in [2.75, 3.05) is 31.2 Å². The normalized spacial score (nSPS) is 10.7. The Hall–Kier alpha value is -0.626. The van der Waals surface area contributed by atoms with E-state index in [1.165, 1.54) is 5.69 Å². The van der Waals surface area contributed by atoms with Gasteiger partial charge in [0.2, 0.25) is 0 Å². The first kappa shape index (κ1) is 12.4. The maximum Gasteiger partial charge on any atom is 0.146 e. The minimum Gasteiger partial charge on any atom is -0.426 e. The molecule has 15 heavy (non-hydrogen) atoms. The molecule has 0 fully saturated rings. The lowest BCUT2D eigenvalue weighted by Crippen LogP contribution is -2.30. The second kappa shape index (κ2) is 7.64. The summed E-state index contributed by atoms with van der Waals surface area (Å²) in [5.74, 6) is 0. The van der Waals surface area contributed by atoms with E-state index in [0.29, 0.717) is 0 Å². The molecule has 0 atom stereocenters. The van der Waals surface area contributed by atoms with Crippen molar-refractivity contribution in [3.63, 3.8) is 0 Å². The molecule has 0 N–H and O–H groups in total. The van der Waals surface area contributed by atoms with Crippen LogP contribution in [0.15, 0.2) is 24.3 Å². The molecule has 0 aliphatic heterocycles. The van der Waals surface area contributed by atoms with Crippen molar-refractivity contribution in [1.29, 1.82) is 0 Å². The summed E-state index contributed by atoms with van der Waals surface area (Å²) < 4.78 is 10.5. The Morgan fingerprint density at radius 2 is 1.60 bits per heavy atom. The van der Waals surface area contributed by atoms with Crippen LogP contribution in [0.1, 0.15) is 0 Å². The van der Waals surface area contributed by atoms with Crippen LogP contribution in [-0.4, -0.2) is 47.3 Å². The Kier molecular flexibility index (Phi) is 6.34. The first-order valence-electron chi connectivity index (χ1n) is 5.07. The minimum atomic E-state index is 0.798. The maximum absolute atomic E-state index is 5.23. The van der Waals surface area contributed by atoms with E-state index in [2.05, 4.69) is 23.1 Å². The van der Waals surface area contributed by atoms with Gasteiger partial charge in [-0.25, -0.2) is 0 Å². The number of benzene rings is 1. The lowest BCUT2D eigenvalue weighted by Gasteiger charge is -2.24. The monoisotopic (exact) mass is 240 g/mol. The molecule has 1 aromatic rings. The topological polar surface area (TPSA) is 21.7 Å². The molecule has 0 saturated carbocycles. The van der Waals surface area contributed by atoms with E-state index in [4.69, 9.17) is 8.85 Å². The second-order valence-corrected chi connectivity index (χ2v) is 4.39. The SMILES string of the molecule is [SiH3]OCCN(CCO[SiH3])c1cc[c]cc1. The summed E-state index contributed by atoms with van der Waals surface area (Å²) in [6.45, 7) is 3.45. The molecule has 1 radical (unpaired) electrons. The first-order valence-corrected chi connectivity index (χ1v) is 6.70. The molecule has 0 aliphatic rings. The van der Waals surface area contributed by atoms with Gasteiger partial charge in [-0.15, -0.1) is 0 Å². The highest BCUT2D eigenvalue weighted by molar-refractivity contribution is 5.98. The summed E-state index contributed by atoms with van der Waals surface area (Å²) in [5.41, 5.74) is 1.21. The predicted molar refractivity (Wildman–Crippen MR) is 69.3 cm³/mol. The minimum absolute atomic E-state index is 0.798. The Morgan fingerprint density at radius 3 is 2.07 bits per heavy atom. The van der Waals surface area contributed by atoms with Crippen LogP contribution in [0.2, 0.25) is 0 Å². The molecule has 0 unspecified atom stereocenters. The summed E-state index contributed by atoms with van der Waals surface area (Å²) in [6.07, 6.45) is 0. The van der Waals surface area contributed by atoms with Gasteiger partial charge in [-0.2, -0.15) is 0 Å². The molecule has 83 valence electrons. The molecule has 0 heterocycles. The average molecular weight is 240 g/mol. The van der Waals surface area contributed by atoms with Crippen molar-refractivity contribution in [2.24, 2.45) is 0 Å². The average Bonchev–Trinajstić information content (AvgIpc) is 2.30. The third-order valence-electron chi connectivity index (χ3n) is 2.20. The van der Waals surface area contributed by atoms with Crippen LogP contribution in [0.5, 0.6) is 0 Å². The zero-order valence-electron chi connectivity index (χ0n) is 9.40. The van der Waals surface area contributed by atoms with Gasteiger partial charge in [0, 0.05) is 18.8 Å². The fraction of sp³-hybridized carbons (Fsp3) is 0.400. The molecular weight excluding hydrogens is 222 g/mol. The van der Waals surface area contributed by atoms with Crippen molar-refractivity contribution in [3.8, 4) is 0 Å². The van der Waals surface area contributed by atoms with Gasteiger partial charge in [0.15, 0.2) is 0 Å². The lowest BCUT2D eigenvalue weighted by atomic mass is 10.3. The summed E-state index contributed by atoms with van der Waals surface area (Å²) >= 11 is 0. The van der Waals surface area contributed by atoms with Crippen LogP contribution in [0.3, 0.4) is 0 Å². The highest BCUT2D eigenvalue weighted by atomic mass is 28.2. The Labute approximate surface area is 97.5 Å². The van der Waals surface area contributed by atoms with Crippen molar-refractivity contribution in [2.45, 2.75) is 0 Å². The van der Waals surface area contributed by atoms with Gasteiger partial charge in [0.25, 0.3) is 0 Å². The van der Waals surface area contributed by atoms with Crippen molar-refractivity contribution in [3.05, 3.63) is 30.3 Å². The highest BCUT2D eigenvalue weighted by Crippen LogP contribution is 2.11. The second-order valence-electron chi connectivity index (χ2n) is 3.23. The zero-order chi connectivity index (χ0) is 10.9. The van der Waals surface area contributed by atoms with Gasteiger partial charge in [-0.3, -0.25) is 0 Å². The fourth-order valence-electron chi connectivity index (χ4n) is 1.36. The van der Waals surface area contributed by atoms with E-state index in [-0.39, 0.29) is 0 Å². The molecule has 0 amide bonds.